The summed E-state index contributed by atoms with van der Waals surface area (Å²) in [6.45, 7) is 6.05. The molecule has 1 heterocycles. The number of benzene rings is 2. The standard InChI is InChI=1S/C20H22N2O3/c1-13-8-14(2)10-17(9-13)25-12-16(23)11-22-20(24)19-7-5-4-6-18(19)15(3)21-22/h4-10,16,23H,11-12H2,1-3H3. The Bertz CT molecular complexity index is 943. The number of ether oxygens (including phenoxy) is 1. The highest BCUT2D eigenvalue weighted by atomic mass is 16.5. The second-order valence-electron chi connectivity index (χ2n) is 6.41. The van der Waals surface area contributed by atoms with Gasteiger partial charge in [-0.3, -0.25) is 4.79 Å². The quantitative estimate of drug-likeness (QED) is 0.777. The molecule has 1 atom stereocenters. The number of hydrogen-bond acceptors (Lipinski definition) is 4. The molecule has 0 aliphatic carbocycles. The number of hydrogen-bond donors (Lipinski definition) is 1. The third-order valence-electron chi connectivity index (χ3n) is 4.07. The fourth-order valence-corrected chi connectivity index (χ4v) is 2.99. The largest absolute Gasteiger partial charge is 0.491 e. The Morgan fingerprint density at radius 1 is 1.08 bits per heavy atom. The predicted octanol–water partition coefficient (Wildman–Crippen LogP) is 2.76. The van der Waals surface area contributed by atoms with Crippen molar-refractivity contribution in [1.29, 1.82) is 0 Å². The van der Waals surface area contributed by atoms with Crippen LogP contribution in [-0.4, -0.2) is 27.6 Å². The number of aryl methyl sites for hydroxylation is 3. The summed E-state index contributed by atoms with van der Waals surface area (Å²) in [7, 11) is 0. The van der Waals surface area contributed by atoms with Crippen molar-refractivity contribution in [3.63, 3.8) is 0 Å². The molecule has 3 aromatic rings. The van der Waals surface area contributed by atoms with Gasteiger partial charge < -0.3 is 9.84 Å². The summed E-state index contributed by atoms with van der Waals surface area (Å²) in [6.07, 6.45) is -0.827. The van der Waals surface area contributed by atoms with Crippen molar-refractivity contribution in [2.24, 2.45) is 0 Å². The fourth-order valence-electron chi connectivity index (χ4n) is 2.99. The first kappa shape index (κ1) is 17.2. The highest BCUT2D eigenvalue weighted by molar-refractivity contribution is 5.83. The Labute approximate surface area is 146 Å². The lowest BCUT2D eigenvalue weighted by Gasteiger charge is -2.15. The molecule has 1 aromatic heterocycles. The Morgan fingerprint density at radius 3 is 2.40 bits per heavy atom. The van der Waals surface area contributed by atoms with E-state index < -0.39 is 6.10 Å². The van der Waals surface area contributed by atoms with Crippen molar-refractivity contribution >= 4 is 10.8 Å². The molecule has 5 heteroatoms. The number of aliphatic hydroxyl groups is 1. The molecule has 1 unspecified atom stereocenters. The first-order valence-corrected chi connectivity index (χ1v) is 8.29. The Hall–Kier alpha value is -2.66. The van der Waals surface area contributed by atoms with Crippen LogP contribution < -0.4 is 10.3 Å². The summed E-state index contributed by atoms with van der Waals surface area (Å²) in [5.74, 6) is 0.714. The number of aromatic nitrogens is 2. The molecule has 2 aromatic carbocycles. The van der Waals surface area contributed by atoms with Gasteiger partial charge in [-0.1, -0.05) is 24.3 Å². The van der Waals surface area contributed by atoms with Crippen LogP contribution in [0.4, 0.5) is 0 Å². The van der Waals surface area contributed by atoms with Crippen LogP contribution in [0.15, 0.2) is 47.3 Å². The molecule has 0 aliphatic heterocycles. The Balaban J connectivity index is 1.75. The van der Waals surface area contributed by atoms with Crippen LogP contribution in [0.1, 0.15) is 16.8 Å². The molecular formula is C20H22N2O3. The molecule has 1 N–H and O–H groups in total. The van der Waals surface area contributed by atoms with Gasteiger partial charge in [-0.15, -0.1) is 0 Å². The molecule has 0 radical (unpaired) electrons. The molecule has 5 nitrogen and oxygen atoms in total. The van der Waals surface area contributed by atoms with Crippen LogP contribution in [0.5, 0.6) is 5.75 Å². The third kappa shape index (κ3) is 3.88. The van der Waals surface area contributed by atoms with E-state index in [0.717, 1.165) is 22.2 Å². The smallest absolute Gasteiger partial charge is 0.274 e. The van der Waals surface area contributed by atoms with Gasteiger partial charge in [0.2, 0.25) is 0 Å². The second kappa shape index (κ2) is 7.07. The van der Waals surface area contributed by atoms with E-state index in [2.05, 4.69) is 11.2 Å². The molecular weight excluding hydrogens is 316 g/mol. The summed E-state index contributed by atoms with van der Waals surface area (Å²) in [6, 6.07) is 13.3. The van der Waals surface area contributed by atoms with E-state index in [4.69, 9.17) is 4.74 Å². The zero-order valence-corrected chi connectivity index (χ0v) is 14.7. The average molecular weight is 338 g/mol. The van der Waals surface area contributed by atoms with Gasteiger partial charge in [-0.25, -0.2) is 4.68 Å². The maximum atomic E-state index is 12.5. The molecule has 25 heavy (non-hydrogen) atoms. The van der Waals surface area contributed by atoms with E-state index in [1.165, 1.54) is 4.68 Å². The SMILES string of the molecule is Cc1cc(C)cc(OCC(O)Cn2nc(C)c3ccccc3c2=O)c1. The summed E-state index contributed by atoms with van der Waals surface area (Å²) in [4.78, 5) is 12.5. The van der Waals surface area contributed by atoms with Gasteiger partial charge in [-0.2, -0.15) is 5.10 Å². The van der Waals surface area contributed by atoms with Crippen LogP contribution in [0, 0.1) is 20.8 Å². The van der Waals surface area contributed by atoms with Crippen molar-refractivity contribution in [2.75, 3.05) is 6.61 Å². The van der Waals surface area contributed by atoms with Gasteiger partial charge in [0.25, 0.3) is 5.56 Å². The first-order chi connectivity index (χ1) is 11.9. The maximum Gasteiger partial charge on any atom is 0.274 e. The summed E-state index contributed by atoms with van der Waals surface area (Å²) >= 11 is 0. The highest BCUT2D eigenvalue weighted by Crippen LogP contribution is 2.16. The van der Waals surface area contributed by atoms with E-state index in [9.17, 15) is 9.90 Å². The summed E-state index contributed by atoms with van der Waals surface area (Å²) in [5.41, 5.74) is 2.77. The van der Waals surface area contributed by atoms with E-state index in [1.54, 1.807) is 6.07 Å². The Kier molecular flexibility index (Phi) is 4.86. The van der Waals surface area contributed by atoms with Crippen molar-refractivity contribution in [2.45, 2.75) is 33.4 Å². The molecule has 0 bridgehead atoms. The maximum absolute atomic E-state index is 12.5. The number of aliphatic hydroxyl groups excluding tert-OH is 1. The lowest BCUT2D eigenvalue weighted by atomic mass is 10.1. The van der Waals surface area contributed by atoms with E-state index in [1.807, 2.05) is 51.1 Å². The van der Waals surface area contributed by atoms with Gasteiger partial charge in [0.15, 0.2) is 0 Å². The lowest BCUT2D eigenvalue weighted by Crippen LogP contribution is -2.32. The van der Waals surface area contributed by atoms with Gasteiger partial charge in [0.05, 0.1) is 17.6 Å². The number of rotatable bonds is 5. The van der Waals surface area contributed by atoms with Crippen LogP contribution in [0.3, 0.4) is 0 Å². The van der Waals surface area contributed by atoms with E-state index in [0.29, 0.717) is 11.1 Å². The highest BCUT2D eigenvalue weighted by Gasteiger charge is 2.12. The number of fused-ring (bicyclic) bond motifs is 1. The normalized spacial score (nSPS) is 12.3. The number of nitrogens with zero attached hydrogens (tertiary/aromatic N) is 2. The molecule has 0 saturated heterocycles. The van der Waals surface area contributed by atoms with E-state index >= 15 is 0 Å². The summed E-state index contributed by atoms with van der Waals surface area (Å²) < 4.78 is 6.98. The third-order valence-corrected chi connectivity index (χ3v) is 4.07. The lowest BCUT2D eigenvalue weighted by molar-refractivity contribution is 0.0880. The molecule has 0 aliphatic rings. The Morgan fingerprint density at radius 2 is 1.72 bits per heavy atom. The molecule has 130 valence electrons. The van der Waals surface area contributed by atoms with Crippen LogP contribution in [0.25, 0.3) is 10.8 Å². The monoisotopic (exact) mass is 338 g/mol. The van der Waals surface area contributed by atoms with E-state index in [-0.39, 0.29) is 18.7 Å². The first-order valence-electron chi connectivity index (χ1n) is 8.29. The van der Waals surface area contributed by atoms with Gasteiger partial charge in [0.1, 0.15) is 18.5 Å². The fraction of sp³-hybridized carbons (Fsp3) is 0.300. The minimum Gasteiger partial charge on any atom is -0.491 e. The average Bonchev–Trinajstić information content (AvgIpc) is 2.57. The van der Waals surface area contributed by atoms with Crippen molar-refractivity contribution in [1.82, 2.24) is 9.78 Å². The minimum atomic E-state index is -0.827. The zero-order valence-electron chi connectivity index (χ0n) is 14.7. The molecule has 3 rings (SSSR count). The molecule has 0 spiro atoms. The van der Waals surface area contributed by atoms with Gasteiger partial charge in [0, 0.05) is 5.39 Å². The topological polar surface area (TPSA) is 64.3 Å². The van der Waals surface area contributed by atoms with Gasteiger partial charge >= 0.3 is 0 Å². The molecule has 0 fully saturated rings. The van der Waals surface area contributed by atoms with Crippen LogP contribution in [-0.2, 0) is 6.54 Å². The molecule has 0 saturated carbocycles. The molecule has 0 amide bonds. The summed E-state index contributed by atoms with van der Waals surface area (Å²) in [5, 5.41) is 16.0. The second-order valence-corrected chi connectivity index (χ2v) is 6.41. The van der Waals surface area contributed by atoms with Crippen molar-refractivity contribution in [3.8, 4) is 5.75 Å². The van der Waals surface area contributed by atoms with Crippen molar-refractivity contribution < 1.29 is 9.84 Å². The minimum absolute atomic E-state index is 0.0926. The van der Waals surface area contributed by atoms with Gasteiger partial charge in [-0.05, 0) is 50.1 Å². The van der Waals surface area contributed by atoms with Crippen molar-refractivity contribution in [3.05, 3.63) is 69.6 Å². The predicted molar refractivity (Wildman–Crippen MR) is 98.2 cm³/mol. The zero-order chi connectivity index (χ0) is 18.0. The van der Waals surface area contributed by atoms with Crippen LogP contribution >= 0.6 is 0 Å². The van der Waals surface area contributed by atoms with Crippen LogP contribution in [0.2, 0.25) is 0 Å².